The molecule has 2 N–H and O–H groups in total. The van der Waals surface area contributed by atoms with Gasteiger partial charge in [0, 0.05) is 30.5 Å². The predicted molar refractivity (Wildman–Crippen MR) is 86.7 cm³/mol. The molecule has 0 spiro atoms. The summed E-state index contributed by atoms with van der Waals surface area (Å²) in [6, 6.07) is 5.05. The van der Waals surface area contributed by atoms with Crippen molar-refractivity contribution >= 4 is 29.3 Å². The molecule has 1 aliphatic rings. The Morgan fingerprint density at radius 3 is 2.86 bits per heavy atom. The number of carbonyl (C=O) groups excluding carboxylic acids is 2. The first-order chi connectivity index (χ1) is 10.6. The first-order valence-corrected chi connectivity index (χ1v) is 8.17. The Hall–Kier alpha value is -1.73. The van der Waals surface area contributed by atoms with Crippen molar-refractivity contribution in [2.45, 2.75) is 12.5 Å². The number of methoxy groups -OCH3 is 2. The lowest BCUT2D eigenvalue weighted by molar-refractivity contribution is -0.116. The molecule has 120 valence electrons. The molecule has 1 heterocycles. The molecule has 0 saturated carbocycles. The summed E-state index contributed by atoms with van der Waals surface area (Å²) in [5.41, 5.74) is 0.710. The number of anilines is 1. The molecule has 0 aromatic heterocycles. The fourth-order valence-corrected chi connectivity index (χ4v) is 3.16. The zero-order valence-electron chi connectivity index (χ0n) is 12.7. The molecule has 1 fully saturated rings. The molecule has 1 atom stereocenters. The number of nitrogens with one attached hydrogen (secondary N) is 2. The number of benzene rings is 1. The van der Waals surface area contributed by atoms with E-state index in [9.17, 15) is 9.59 Å². The number of ether oxygens (including phenoxy) is 2. The number of thioether (sulfide) groups is 1. The van der Waals surface area contributed by atoms with E-state index in [1.54, 1.807) is 18.2 Å². The van der Waals surface area contributed by atoms with E-state index in [4.69, 9.17) is 9.47 Å². The van der Waals surface area contributed by atoms with Crippen LogP contribution in [0.15, 0.2) is 18.2 Å². The van der Waals surface area contributed by atoms with Gasteiger partial charge in [-0.05, 0) is 18.2 Å². The first-order valence-electron chi connectivity index (χ1n) is 7.01. The third kappa shape index (κ3) is 4.38. The van der Waals surface area contributed by atoms with Crippen LogP contribution in [0.1, 0.15) is 16.8 Å². The standard InChI is InChI=1S/C15H20N2O4S/c1-20-11-3-4-13(12(8-11)15(19)21-2)17-14(18)7-10-9-22-6-5-16-10/h3-4,8,10,16H,5-7,9H2,1-2H3,(H,17,18). The van der Waals surface area contributed by atoms with Crippen LogP contribution in [0.25, 0.3) is 0 Å². The first kappa shape index (κ1) is 16.6. The Kier molecular flexibility index (Phi) is 6.09. The van der Waals surface area contributed by atoms with Crippen molar-refractivity contribution in [1.29, 1.82) is 0 Å². The Labute approximate surface area is 133 Å². The maximum atomic E-state index is 12.2. The van der Waals surface area contributed by atoms with Crippen molar-refractivity contribution in [3.63, 3.8) is 0 Å². The molecule has 7 heteroatoms. The minimum atomic E-state index is -0.513. The lowest BCUT2D eigenvalue weighted by atomic mass is 10.1. The van der Waals surface area contributed by atoms with E-state index in [0.717, 1.165) is 18.1 Å². The Morgan fingerprint density at radius 1 is 1.41 bits per heavy atom. The van der Waals surface area contributed by atoms with Crippen molar-refractivity contribution in [3.05, 3.63) is 23.8 Å². The van der Waals surface area contributed by atoms with Crippen LogP contribution in [0, 0.1) is 0 Å². The number of hydrogen-bond donors (Lipinski definition) is 2. The highest BCUT2D eigenvalue weighted by Crippen LogP contribution is 2.23. The van der Waals surface area contributed by atoms with Gasteiger partial charge < -0.3 is 20.1 Å². The second kappa shape index (κ2) is 8.05. The number of amides is 1. The number of hydrogen-bond acceptors (Lipinski definition) is 6. The quantitative estimate of drug-likeness (QED) is 0.800. The van der Waals surface area contributed by atoms with Gasteiger partial charge in [-0.25, -0.2) is 4.79 Å². The minimum absolute atomic E-state index is 0.129. The van der Waals surface area contributed by atoms with Crippen molar-refractivity contribution in [2.75, 3.05) is 37.6 Å². The van der Waals surface area contributed by atoms with E-state index in [1.165, 1.54) is 14.2 Å². The summed E-state index contributed by atoms with van der Waals surface area (Å²) >= 11 is 1.83. The molecule has 1 aromatic rings. The van der Waals surface area contributed by atoms with Gasteiger partial charge in [0.1, 0.15) is 5.75 Å². The largest absolute Gasteiger partial charge is 0.497 e. The van der Waals surface area contributed by atoms with E-state index in [2.05, 4.69) is 10.6 Å². The van der Waals surface area contributed by atoms with Gasteiger partial charge in [0.25, 0.3) is 0 Å². The van der Waals surface area contributed by atoms with Crippen LogP contribution in [0.5, 0.6) is 5.75 Å². The van der Waals surface area contributed by atoms with Crippen LogP contribution in [-0.4, -0.2) is 50.2 Å². The molecule has 0 radical (unpaired) electrons. The second-order valence-corrected chi connectivity index (χ2v) is 6.03. The summed E-state index contributed by atoms with van der Waals surface area (Å²) < 4.78 is 9.84. The molecule has 1 aliphatic heterocycles. The molecule has 1 saturated heterocycles. The molecule has 6 nitrogen and oxygen atoms in total. The van der Waals surface area contributed by atoms with Crippen molar-refractivity contribution < 1.29 is 19.1 Å². The molecule has 0 bridgehead atoms. The summed E-state index contributed by atoms with van der Waals surface area (Å²) in [6.45, 7) is 0.915. The summed E-state index contributed by atoms with van der Waals surface area (Å²) in [4.78, 5) is 24.0. The van der Waals surface area contributed by atoms with Crippen LogP contribution in [0.3, 0.4) is 0 Å². The molecule has 22 heavy (non-hydrogen) atoms. The van der Waals surface area contributed by atoms with Gasteiger partial charge >= 0.3 is 5.97 Å². The molecular weight excluding hydrogens is 304 g/mol. The second-order valence-electron chi connectivity index (χ2n) is 4.88. The SMILES string of the molecule is COC(=O)c1cc(OC)ccc1NC(=O)CC1CSCCN1. The normalized spacial score (nSPS) is 17.6. The van der Waals surface area contributed by atoms with E-state index >= 15 is 0 Å². The third-order valence-corrected chi connectivity index (χ3v) is 4.47. The lowest BCUT2D eigenvalue weighted by Gasteiger charge is -2.22. The van der Waals surface area contributed by atoms with Gasteiger partial charge in [0.2, 0.25) is 5.91 Å². The Bertz CT molecular complexity index is 544. The molecule has 1 amide bonds. The van der Waals surface area contributed by atoms with Crippen LogP contribution in [0.4, 0.5) is 5.69 Å². The zero-order valence-corrected chi connectivity index (χ0v) is 13.5. The van der Waals surface area contributed by atoms with E-state index < -0.39 is 5.97 Å². The zero-order chi connectivity index (χ0) is 15.9. The summed E-state index contributed by atoms with van der Waals surface area (Å²) in [5.74, 6) is 1.88. The predicted octanol–water partition coefficient (Wildman–Crippen LogP) is 1.52. The molecule has 1 aromatic carbocycles. The fraction of sp³-hybridized carbons (Fsp3) is 0.467. The Balaban J connectivity index is 2.07. The number of rotatable bonds is 5. The minimum Gasteiger partial charge on any atom is -0.497 e. The highest BCUT2D eigenvalue weighted by molar-refractivity contribution is 7.99. The van der Waals surface area contributed by atoms with Gasteiger partial charge in [-0.3, -0.25) is 4.79 Å². The molecule has 2 rings (SSSR count). The highest BCUT2D eigenvalue weighted by Gasteiger charge is 2.19. The lowest BCUT2D eigenvalue weighted by Crippen LogP contribution is -2.40. The number of esters is 1. The fourth-order valence-electron chi connectivity index (χ4n) is 2.21. The summed E-state index contributed by atoms with van der Waals surface area (Å²) in [6.07, 6.45) is 0.375. The molecule has 0 aliphatic carbocycles. The van der Waals surface area contributed by atoms with Crippen LogP contribution in [0.2, 0.25) is 0 Å². The van der Waals surface area contributed by atoms with Gasteiger partial charge in [0.05, 0.1) is 25.5 Å². The van der Waals surface area contributed by atoms with E-state index in [1.807, 2.05) is 11.8 Å². The third-order valence-electron chi connectivity index (χ3n) is 3.34. The summed E-state index contributed by atoms with van der Waals surface area (Å²) in [7, 11) is 2.82. The van der Waals surface area contributed by atoms with Crippen LogP contribution in [-0.2, 0) is 9.53 Å². The van der Waals surface area contributed by atoms with Gasteiger partial charge in [0.15, 0.2) is 0 Å². The van der Waals surface area contributed by atoms with Crippen molar-refractivity contribution in [1.82, 2.24) is 5.32 Å². The Morgan fingerprint density at radius 2 is 2.23 bits per heavy atom. The molecule has 1 unspecified atom stereocenters. The average molecular weight is 324 g/mol. The average Bonchev–Trinajstić information content (AvgIpc) is 2.55. The van der Waals surface area contributed by atoms with Gasteiger partial charge in [-0.2, -0.15) is 11.8 Å². The van der Waals surface area contributed by atoms with Crippen molar-refractivity contribution in [3.8, 4) is 5.75 Å². The highest BCUT2D eigenvalue weighted by atomic mass is 32.2. The van der Waals surface area contributed by atoms with Crippen LogP contribution < -0.4 is 15.4 Å². The smallest absolute Gasteiger partial charge is 0.340 e. The molecular formula is C15H20N2O4S. The van der Waals surface area contributed by atoms with Crippen LogP contribution >= 0.6 is 11.8 Å². The maximum absolute atomic E-state index is 12.2. The van der Waals surface area contributed by atoms with Gasteiger partial charge in [-0.15, -0.1) is 0 Å². The van der Waals surface area contributed by atoms with Crippen molar-refractivity contribution in [2.24, 2.45) is 0 Å². The van der Waals surface area contributed by atoms with E-state index in [0.29, 0.717) is 17.9 Å². The topological polar surface area (TPSA) is 76.7 Å². The van der Waals surface area contributed by atoms with E-state index in [-0.39, 0.29) is 17.5 Å². The number of carbonyl (C=O) groups is 2. The summed E-state index contributed by atoms with van der Waals surface area (Å²) in [5, 5.41) is 6.09. The monoisotopic (exact) mass is 324 g/mol. The maximum Gasteiger partial charge on any atom is 0.340 e. The van der Waals surface area contributed by atoms with Gasteiger partial charge in [-0.1, -0.05) is 0 Å².